The molecule has 0 radical (unpaired) electrons. The highest BCUT2D eigenvalue weighted by molar-refractivity contribution is 14.2. The number of halogens is 2. The first-order valence-corrected chi connectivity index (χ1v) is 3.49. The predicted octanol–water partition coefficient (Wildman–Crippen LogP) is 0.947. The summed E-state index contributed by atoms with van der Waals surface area (Å²) in [6, 6.07) is 0. The van der Waals surface area contributed by atoms with Crippen LogP contribution in [0.3, 0.4) is 0 Å². The Kier molecular flexibility index (Phi) is 5.58. The van der Waals surface area contributed by atoms with E-state index in [0.29, 0.717) is 0 Å². The van der Waals surface area contributed by atoms with E-state index in [1.54, 1.807) is 0 Å². The Morgan fingerprint density at radius 1 is 1.50 bits per heavy atom. The van der Waals surface area contributed by atoms with E-state index >= 15 is 0 Å². The van der Waals surface area contributed by atoms with E-state index in [-0.39, 0.29) is 0 Å². The van der Waals surface area contributed by atoms with Crippen molar-refractivity contribution in [1.82, 2.24) is 1.33 Å². The summed E-state index contributed by atoms with van der Waals surface area (Å²) in [7, 11) is 0. The molecule has 2 nitrogen and oxygen atoms in total. The first-order chi connectivity index (χ1) is 2.77. The van der Waals surface area contributed by atoms with Crippen molar-refractivity contribution in [2.75, 3.05) is 13.1 Å². The quantitative estimate of drug-likeness (QED) is 0.608. The summed E-state index contributed by atoms with van der Waals surface area (Å²) in [4.78, 5) is 0. The van der Waals surface area contributed by atoms with Crippen molar-refractivity contribution in [1.29, 1.82) is 0 Å². The average molecular weight is 312 g/mol. The fourth-order valence-electron chi connectivity index (χ4n) is 0.0976. The van der Waals surface area contributed by atoms with Crippen LogP contribution < -0.4 is 5.73 Å². The van der Waals surface area contributed by atoms with Gasteiger partial charge in [0.1, 0.15) is 0 Å². The molecule has 0 heterocycles. The van der Waals surface area contributed by atoms with Crippen molar-refractivity contribution in [3.05, 3.63) is 0 Å². The molecule has 0 aliphatic carbocycles. The zero-order valence-corrected chi connectivity index (χ0v) is 7.51. The molecule has 0 rings (SSSR count). The number of nitrogens with two attached hydrogens (primary N) is 1. The van der Waals surface area contributed by atoms with Crippen molar-refractivity contribution in [2.45, 2.75) is 0 Å². The van der Waals surface area contributed by atoms with Crippen LogP contribution in [0.25, 0.3) is 0 Å². The van der Waals surface area contributed by atoms with Crippen LogP contribution in [0.1, 0.15) is 0 Å². The Hall–Kier alpha value is 1.38. The maximum absolute atomic E-state index is 5.18. The Morgan fingerprint density at radius 3 is 2.00 bits per heavy atom. The highest BCUT2D eigenvalue weighted by atomic mass is 127. The van der Waals surface area contributed by atoms with E-state index in [1.807, 2.05) is 1.33 Å². The van der Waals surface area contributed by atoms with Gasteiger partial charge in [0.15, 0.2) is 0 Å². The largest absolute Gasteiger partial charge is 0.329 e. The van der Waals surface area contributed by atoms with Gasteiger partial charge >= 0.3 is 0 Å². The third kappa shape index (κ3) is 5.38. The Morgan fingerprint density at radius 2 is 2.00 bits per heavy atom. The van der Waals surface area contributed by atoms with Gasteiger partial charge in [0.25, 0.3) is 0 Å². The lowest BCUT2D eigenvalue weighted by atomic mass is 10.7. The molecule has 0 aromatic rings. The zero-order valence-electron chi connectivity index (χ0n) is 3.19. The summed E-state index contributed by atoms with van der Waals surface area (Å²) in [5, 5.41) is 0. The molecule has 38 valence electrons. The van der Waals surface area contributed by atoms with E-state index < -0.39 is 0 Å². The van der Waals surface area contributed by atoms with Crippen molar-refractivity contribution in [3.63, 3.8) is 0 Å². The highest BCUT2D eigenvalue weighted by Gasteiger charge is 1.84. The third-order valence-corrected chi connectivity index (χ3v) is 1.26. The van der Waals surface area contributed by atoms with E-state index in [2.05, 4.69) is 45.7 Å². The van der Waals surface area contributed by atoms with Crippen LogP contribution >= 0.6 is 45.7 Å². The van der Waals surface area contributed by atoms with Gasteiger partial charge in [0.05, 0.1) is 0 Å². The fourth-order valence-corrected chi connectivity index (χ4v) is 0.655. The summed E-state index contributed by atoms with van der Waals surface area (Å²) in [6.07, 6.45) is 0. The molecule has 4 heteroatoms. The second kappa shape index (κ2) is 4.54. The molecule has 2 N–H and O–H groups in total. The van der Waals surface area contributed by atoms with Crippen LogP contribution in [0.2, 0.25) is 0 Å². The monoisotopic (exact) mass is 312 g/mol. The van der Waals surface area contributed by atoms with Crippen molar-refractivity contribution in [2.24, 2.45) is 5.73 Å². The molecule has 0 saturated carbocycles. The molecule has 0 aromatic carbocycles. The summed E-state index contributed by atoms with van der Waals surface area (Å²) in [6.45, 7) is 1.70. The van der Waals surface area contributed by atoms with Crippen LogP contribution in [0.5, 0.6) is 0 Å². The minimum Gasteiger partial charge on any atom is -0.329 e. The molecule has 0 amide bonds. The minimum absolute atomic E-state index is 0.742. The normalized spacial score (nSPS) is 10.0. The Balaban J connectivity index is 2.63. The van der Waals surface area contributed by atoms with Crippen molar-refractivity contribution in [3.8, 4) is 0 Å². The average Bonchev–Trinajstić information content (AvgIpc) is 1.35. The smallest absolute Gasteiger partial charge is 0.0309 e. The molecule has 0 unspecified atom stereocenters. The second-order valence-corrected chi connectivity index (χ2v) is 4.99. The first-order valence-electron chi connectivity index (χ1n) is 1.56. The first kappa shape index (κ1) is 7.38. The molecule has 0 spiro atoms. The molecule has 0 fully saturated rings. The molecular formula is C2H6I2N2. The van der Waals surface area contributed by atoms with Gasteiger partial charge in [-0.05, 0) is 0 Å². The van der Waals surface area contributed by atoms with E-state index in [0.717, 1.165) is 13.1 Å². The van der Waals surface area contributed by atoms with Gasteiger partial charge in [-0.1, -0.05) is 0 Å². The zero-order chi connectivity index (χ0) is 4.99. The topological polar surface area (TPSA) is 29.3 Å². The molecule has 6 heavy (non-hydrogen) atoms. The summed E-state index contributed by atoms with van der Waals surface area (Å²) in [5.41, 5.74) is 5.18. The molecule has 0 atom stereocenters. The third-order valence-electron chi connectivity index (χ3n) is 0.298. The van der Waals surface area contributed by atoms with E-state index in [9.17, 15) is 0 Å². The highest BCUT2D eigenvalue weighted by Crippen LogP contribution is 2.03. The maximum Gasteiger partial charge on any atom is 0.0309 e. The van der Waals surface area contributed by atoms with Crippen LogP contribution in [-0.2, 0) is 0 Å². The van der Waals surface area contributed by atoms with Gasteiger partial charge < -0.3 is 5.73 Å². The Bertz CT molecular complexity index is 30.7. The van der Waals surface area contributed by atoms with Gasteiger partial charge in [0.2, 0.25) is 0 Å². The van der Waals surface area contributed by atoms with E-state index in [4.69, 9.17) is 5.73 Å². The lowest BCUT2D eigenvalue weighted by molar-refractivity contribution is 0.813. The minimum atomic E-state index is 0.742. The van der Waals surface area contributed by atoms with Crippen molar-refractivity contribution >= 4 is 45.7 Å². The molecule has 0 aliphatic rings. The fraction of sp³-hybridized carbons (Fsp3) is 1.00. The summed E-state index contributed by atoms with van der Waals surface area (Å²) in [5.74, 6) is 0. The van der Waals surface area contributed by atoms with Crippen LogP contribution in [0.4, 0.5) is 0 Å². The Labute approximate surface area is 65.4 Å². The lowest BCUT2D eigenvalue weighted by Crippen LogP contribution is -2.11. The standard InChI is InChI=1S/C2H6I2N2/c3-6(4)2-1-5/h1-2,5H2. The van der Waals surface area contributed by atoms with Gasteiger partial charge in [-0.15, -0.1) is 0 Å². The van der Waals surface area contributed by atoms with Gasteiger partial charge in [0, 0.05) is 58.8 Å². The summed E-state index contributed by atoms with van der Waals surface area (Å²) < 4.78 is 2.00. The van der Waals surface area contributed by atoms with Crippen molar-refractivity contribution < 1.29 is 0 Å². The molecular weight excluding hydrogens is 306 g/mol. The lowest BCUT2D eigenvalue weighted by Gasteiger charge is -1.97. The number of hydrogen-bond acceptors (Lipinski definition) is 2. The van der Waals surface area contributed by atoms with E-state index in [1.165, 1.54) is 0 Å². The second-order valence-electron chi connectivity index (χ2n) is 0.815. The molecule has 0 aliphatic heterocycles. The van der Waals surface area contributed by atoms with Gasteiger partial charge in [-0.3, -0.25) is 0 Å². The molecule has 0 saturated heterocycles. The molecule has 0 bridgehead atoms. The van der Waals surface area contributed by atoms with Crippen LogP contribution in [-0.4, -0.2) is 14.4 Å². The molecule has 0 aromatic heterocycles. The SMILES string of the molecule is NCCN(I)I. The summed E-state index contributed by atoms with van der Waals surface area (Å²) >= 11 is 4.36. The predicted molar refractivity (Wildman–Crippen MR) is 43.8 cm³/mol. The number of hydrogen-bond donors (Lipinski definition) is 1. The number of rotatable bonds is 2. The van der Waals surface area contributed by atoms with Gasteiger partial charge in [-0.25, -0.2) is 0 Å². The maximum atomic E-state index is 5.18. The van der Waals surface area contributed by atoms with Crippen LogP contribution in [0.15, 0.2) is 0 Å². The van der Waals surface area contributed by atoms with Crippen LogP contribution in [0, 0.1) is 0 Å². The number of nitrogens with zero attached hydrogens (tertiary/aromatic N) is 1. The van der Waals surface area contributed by atoms with Gasteiger partial charge in [-0.2, -0.15) is 1.33 Å².